The molecule has 1 atom stereocenters. The molecule has 0 bridgehead atoms. The number of nitrogens with one attached hydrogen (secondary N) is 1. The molecule has 1 N–H and O–H groups in total. The summed E-state index contributed by atoms with van der Waals surface area (Å²) in [5.74, 6) is 0.986. The first-order valence-corrected chi connectivity index (χ1v) is 7.95. The molecular weight excluding hydrogens is 220 g/mol. The van der Waals surface area contributed by atoms with Gasteiger partial charge in [-0.2, -0.15) is 0 Å². The molecule has 2 heteroatoms. The first kappa shape index (κ1) is 16.0. The molecule has 0 aromatic carbocycles. The number of hydrogen-bond donors (Lipinski definition) is 1. The highest BCUT2D eigenvalue weighted by atomic mass is 15.1. The highest BCUT2D eigenvalue weighted by Crippen LogP contribution is 2.29. The molecule has 1 aliphatic rings. The molecule has 18 heavy (non-hydrogen) atoms. The van der Waals surface area contributed by atoms with Crippen molar-refractivity contribution in [2.45, 2.75) is 66.3 Å². The summed E-state index contributed by atoms with van der Waals surface area (Å²) in [6.45, 7) is 16.6. The summed E-state index contributed by atoms with van der Waals surface area (Å²) in [6.07, 6.45) is 5.60. The Kier molecular flexibility index (Phi) is 6.65. The van der Waals surface area contributed by atoms with Crippen molar-refractivity contribution in [2.75, 3.05) is 26.2 Å². The fourth-order valence-electron chi connectivity index (χ4n) is 2.70. The molecule has 0 radical (unpaired) electrons. The van der Waals surface area contributed by atoms with Gasteiger partial charge in [0.25, 0.3) is 0 Å². The highest BCUT2D eigenvalue weighted by Gasteiger charge is 2.29. The van der Waals surface area contributed by atoms with E-state index >= 15 is 0 Å². The van der Waals surface area contributed by atoms with Crippen LogP contribution in [0.2, 0.25) is 0 Å². The van der Waals surface area contributed by atoms with Crippen LogP contribution < -0.4 is 5.32 Å². The quantitative estimate of drug-likeness (QED) is 0.677. The highest BCUT2D eigenvalue weighted by molar-refractivity contribution is 4.85. The molecule has 1 fully saturated rings. The van der Waals surface area contributed by atoms with Gasteiger partial charge in [0.15, 0.2) is 0 Å². The molecule has 1 saturated carbocycles. The first-order valence-electron chi connectivity index (χ1n) is 7.95. The summed E-state index contributed by atoms with van der Waals surface area (Å²) in [5.41, 5.74) is 0.356. The summed E-state index contributed by atoms with van der Waals surface area (Å²) >= 11 is 0. The van der Waals surface area contributed by atoms with Crippen LogP contribution in [0.15, 0.2) is 0 Å². The monoisotopic (exact) mass is 254 g/mol. The van der Waals surface area contributed by atoms with Crippen molar-refractivity contribution >= 4 is 0 Å². The van der Waals surface area contributed by atoms with E-state index < -0.39 is 0 Å². The van der Waals surface area contributed by atoms with Crippen molar-refractivity contribution in [3.63, 3.8) is 0 Å². The van der Waals surface area contributed by atoms with E-state index in [0.29, 0.717) is 11.5 Å². The molecule has 1 unspecified atom stereocenters. The topological polar surface area (TPSA) is 15.3 Å². The van der Waals surface area contributed by atoms with Crippen LogP contribution in [0, 0.1) is 11.3 Å². The Hall–Kier alpha value is -0.0800. The Morgan fingerprint density at radius 3 is 2.39 bits per heavy atom. The predicted octanol–water partition coefficient (Wildman–Crippen LogP) is 3.52. The normalized spacial score (nSPS) is 19.0. The Labute approximate surface area is 115 Å². The summed E-state index contributed by atoms with van der Waals surface area (Å²) in [4.78, 5) is 2.66. The third-order valence-electron chi connectivity index (χ3n) is 4.69. The minimum absolute atomic E-state index is 0.356. The lowest BCUT2D eigenvalue weighted by molar-refractivity contribution is 0.112. The van der Waals surface area contributed by atoms with Crippen LogP contribution in [0.3, 0.4) is 0 Å². The molecule has 0 saturated heterocycles. The molecular formula is C16H34N2. The van der Waals surface area contributed by atoms with E-state index in [4.69, 9.17) is 0 Å². The van der Waals surface area contributed by atoms with Crippen LogP contribution in [-0.4, -0.2) is 37.1 Å². The second-order valence-electron chi connectivity index (χ2n) is 6.79. The van der Waals surface area contributed by atoms with Gasteiger partial charge in [-0.25, -0.2) is 0 Å². The van der Waals surface area contributed by atoms with Gasteiger partial charge in [-0.1, -0.05) is 34.1 Å². The van der Waals surface area contributed by atoms with Gasteiger partial charge in [-0.15, -0.1) is 0 Å². The average Bonchev–Trinajstić information content (AvgIpc) is 2.28. The molecule has 2 nitrogen and oxygen atoms in total. The van der Waals surface area contributed by atoms with E-state index in [2.05, 4.69) is 44.8 Å². The minimum Gasteiger partial charge on any atom is -0.314 e. The van der Waals surface area contributed by atoms with Crippen LogP contribution in [0.25, 0.3) is 0 Å². The van der Waals surface area contributed by atoms with Gasteiger partial charge < -0.3 is 10.2 Å². The van der Waals surface area contributed by atoms with Gasteiger partial charge in [-0.3, -0.25) is 0 Å². The van der Waals surface area contributed by atoms with Gasteiger partial charge >= 0.3 is 0 Å². The van der Waals surface area contributed by atoms with Gasteiger partial charge in [0, 0.05) is 19.1 Å². The smallest absolute Gasteiger partial charge is 0.0102 e. The lowest BCUT2D eigenvalue weighted by atomic mass is 9.82. The summed E-state index contributed by atoms with van der Waals surface area (Å²) < 4.78 is 0. The molecule has 0 aromatic rings. The molecule has 108 valence electrons. The maximum Gasteiger partial charge on any atom is 0.0102 e. The molecule has 0 heterocycles. The maximum absolute atomic E-state index is 3.66. The number of rotatable bonds is 9. The predicted molar refractivity (Wildman–Crippen MR) is 81.0 cm³/mol. The number of nitrogens with zero attached hydrogens (tertiary/aromatic N) is 1. The van der Waals surface area contributed by atoms with Gasteiger partial charge in [-0.05, 0) is 50.6 Å². The van der Waals surface area contributed by atoms with Gasteiger partial charge in [0.1, 0.15) is 0 Å². The van der Waals surface area contributed by atoms with E-state index in [0.717, 1.165) is 12.5 Å². The average molecular weight is 254 g/mol. The van der Waals surface area contributed by atoms with Crippen LogP contribution in [0.4, 0.5) is 0 Å². The SMILES string of the molecule is CCCNC(C)C(C)(C)CN(CC)CC1CCC1. The molecule has 0 amide bonds. The van der Waals surface area contributed by atoms with E-state index in [1.807, 2.05) is 0 Å². The molecule has 1 aliphatic carbocycles. The van der Waals surface area contributed by atoms with Crippen molar-refractivity contribution < 1.29 is 0 Å². The van der Waals surface area contributed by atoms with E-state index in [-0.39, 0.29) is 0 Å². The molecule has 0 aromatic heterocycles. The van der Waals surface area contributed by atoms with Gasteiger partial charge in [0.2, 0.25) is 0 Å². The summed E-state index contributed by atoms with van der Waals surface area (Å²) in [7, 11) is 0. The molecule has 0 aliphatic heterocycles. The zero-order valence-electron chi connectivity index (χ0n) is 13.3. The Balaban J connectivity index is 2.39. The fraction of sp³-hybridized carbons (Fsp3) is 1.00. The fourth-order valence-corrected chi connectivity index (χ4v) is 2.70. The van der Waals surface area contributed by atoms with Crippen LogP contribution >= 0.6 is 0 Å². The lowest BCUT2D eigenvalue weighted by Gasteiger charge is -2.40. The number of hydrogen-bond acceptors (Lipinski definition) is 2. The Morgan fingerprint density at radius 1 is 1.28 bits per heavy atom. The summed E-state index contributed by atoms with van der Waals surface area (Å²) in [6, 6.07) is 0.591. The molecule has 0 spiro atoms. The van der Waals surface area contributed by atoms with Gasteiger partial charge in [0.05, 0.1) is 0 Å². The zero-order valence-corrected chi connectivity index (χ0v) is 13.3. The van der Waals surface area contributed by atoms with Crippen molar-refractivity contribution in [2.24, 2.45) is 11.3 Å². The van der Waals surface area contributed by atoms with Crippen molar-refractivity contribution in [3.8, 4) is 0 Å². The van der Waals surface area contributed by atoms with Crippen molar-refractivity contribution in [1.29, 1.82) is 0 Å². The standard InChI is InChI=1S/C16H34N2/c1-6-11-17-14(3)16(4,5)13-18(7-2)12-15-9-8-10-15/h14-15,17H,6-13H2,1-5H3. The lowest BCUT2D eigenvalue weighted by Crippen LogP contribution is -2.48. The Morgan fingerprint density at radius 2 is 1.94 bits per heavy atom. The Bertz CT molecular complexity index is 221. The third kappa shape index (κ3) is 4.89. The van der Waals surface area contributed by atoms with Crippen molar-refractivity contribution in [1.82, 2.24) is 10.2 Å². The van der Waals surface area contributed by atoms with E-state index in [1.165, 1.54) is 45.3 Å². The summed E-state index contributed by atoms with van der Waals surface area (Å²) in [5, 5.41) is 3.66. The second-order valence-corrected chi connectivity index (χ2v) is 6.79. The van der Waals surface area contributed by atoms with E-state index in [1.54, 1.807) is 0 Å². The second kappa shape index (κ2) is 7.49. The van der Waals surface area contributed by atoms with E-state index in [9.17, 15) is 0 Å². The van der Waals surface area contributed by atoms with Crippen molar-refractivity contribution in [3.05, 3.63) is 0 Å². The molecule has 1 rings (SSSR count). The zero-order chi connectivity index (χ0) is 13.6. The third-order valence-corrected chi connectivity index (χ3v) is 4.69. The van der Waals surface area contributed by atoms with Crippen LogP contribution in [0.5, 0.6) is 0 Å². The first-order chi connectivity index (χ1) is 8.49. The largest absolute Gasteiger partial charge is 0.314 e. The van der Waals surface area contributed by atoms with Crippen LogP contribution in [0.1, 0.15) is 60.3 Å². The van der Waals surface area contributed by atoms with Crippen LogP contribution in [-0.2, 0) is 0 Å². The minimum atomic E-state index is 0.356. The maximum atomic E-state index is 3.66.